The molecule has 10 heteroatoms. The Morgan fingerprint density at radius 1 is 1.30 bits per heavy atom. The van der Waals surface area contributed by atoms with Gasteiger partial charge in [0.2, 0.25) is 0 Å². The van der Waals surface area contributed by atoms with Crippen LogP contribution in [0.3, 0.4) is 0 Å². The van der Waals surface area contributed by atoms with E-state index in [9.17, 15) is 13.2 Å². The van der Waals surface area contributed by atoms with Gasteiger partial charge in [0.15, 0.2) is 5.96 Å². The fourth-order valence-electron chi connectivity index (χ4n) is 1.56. The number of hydrogen-bond acceptors (Lipinski definition) is 4. The molecular weight excluding hydrogens is 444 g/mol. The second-order valence-electron chi connectivity index (χ2n) is 4.62. The minimum Gasteiger partial charge on any atom is -0.372 e. The van der Waals surface area contributed by atoms with Crippen molar-refractivity contribution in [2.75, 3.05) is 26.8 Å². The lowest BCUT2D eigenvalue weighted by atomic mass is 10.4. The quantitative estimate of drug-likeness (QED) is 0.281. The Bertz CT molecular complexity index is 475. The van der Waals surface area contributed by atoms with Crippen molar-refractivity contribution in [1.29, 1.82) is 0 Å². The van der Waals surface area contributed by atoms with Crippen molar-refractivity contribution in [2.45, 2.75) is 33.0 Å². The fourth-order valence-corrected chi connectivity index (χ4v) is 2.44. The molecule has 134 valence electrons. The molecule has 1 aromatic heterocycles. The summed E-state index contributed by atoms with van der Waals surface area (Å²) in [5.74, 6) is 0.585. The van der Waals surface area contributed by atoms with Gasteiger partial charge in [-0.05, 0) is 20.3 Å². The lowest BCUT2D eigenvalue weighted by molar-refractivity contribution is -0.173. The number of ether oxygens (including phenoxy) is 1. The molecule has 0 aliphatic rings. The minimum absolute atomic E-state index is 0. The first kappa shape index (κ1) is 22.4. The monoisotopic (exact) mass is 466 g/mol. The van der Waals surface area contributed by atoms with Crippen LogP contribution in [0.5, 0.6) is 0 Å². The molecule has 0 atom stereocenters. The molecule has 0 fully saturated rings. The number of guanidine groups is 1. The number of aromatic nitrogens is 1. The van der Waals surface area contributed by atoms with E-state index in [0.29, 0.717) is 25.5 Å². The van der Waals surface area contributed by atoms with E-state index in [1.165, 1.54) is 4.88 Å². The molecule has 0 saturated heterocycles. The zero-order valence-electron chi connectivity index (χ0n) is 13.3. The Hall–Kier alpha value is -0.620. The highest BCUT2D eigenvalue weighted by Gasteiger charge is 2.27. The topological polar surface area (TPSA) is 58.5 Å². The Kier molecular flexibility index (Phi) is 10.7. The standard InChI is InChI=1S/C13H21F3N4OS.HI/c1-9-10(2)22-11(20-9)7-19-12(17-3)18-5-4-6-21-8-13(14,15)16;/h4-8H2,1-3H3,(H2,17,18,19);1H. The molecule has 23 heavy (non-hydrogen) atoms. The van der Waals surface area contributed by atoms with Crippen LogP contribution in [0.1, 0.15) is 22.0 Å². The summed E-state index contributed by atoms with van der Waals surface area (Å²) in [6.45, 7) is 3.86. The Morgan fingerprint density at radius 3 is 2.52 bits per heavy atom. The van der Waals surface area contributed by atoms with E-state index >= 15 is 0 Å². The molecule has 0 aromatic carbocycles. The zero-order valence-corrected chi connectivity index (χ0v) is 16.4. The highest BCUT2D eigenvalue weighted by Crippen LogP contribution is 2.16. The third-order valence-electron chi connectivity index (χ3n) is 2.73. The highest BCUT2D eigenvalue weighted by molar-refractivity contribution is 14.0. The first-order valence-electron chi connectivity index (χ1n) is 6.83. The molecule has 0 aliphatic heterocycles. The molecule has 0 spiro atoms. The van der Waals surface area contributed by atoms with E-state index in [1.807, 2.05) is 13.8 Å². The number of alkyl halides is 3. The van der Waals surface area contributed by atoms with Crippen LogP contribution in [0.15, 0.2) is 4.99 Å². The number of hydrogen-bond donors (Lipinski definition) is 2. The van der Waals surface area contributed by atoms with E-state index in [1.54, 1.807) is 18.4 Å². The van der Waals surface area contributed by atoms with Gasteiger partial charge in [-0.15, -0.1) is 35.3 Å². The van der Waals surface area contributed by atoms with Gasteiger partial charge in [-0.25, -0.2) is 4.98 Å². The smallest absolute Gasteiger partial charge is 0.372 e. The first-order chi connectivity index (χ1) is 10.3. The largest absolute Gasteiger partial charge is 0.411 e. The maximum Gasteiger partial charge on any atom is 0.411 e. The number of nitrogens with one attached hydrogen (secondary N) is 2. The van der Waals surface area contributed by atoms with Gasteiger partial charge < -0.3 is 15.4 Å². The predicted molar refractivity (Wildman–Crippen MR) is 96.7 cm³/mol. The number of aryl methyl sites for hydroxylation is 2. The summed E-state index contributed by atoms with van der Waals surface area (Å²) in [6, 6.07) is 0. The third kappa shape index (κ3) is 9.97. The van der Waals surface area contributed by atoms with Crippen molar-refractivity contribution < 1.29 is 17.9 Å². The molecule has 2 N–H and O–H groups in total. The highest BCUT2D eigenvalue weighted by atomic mass is 127. The van der Waals surface area contributed by atoms with Gasteiger partial charge in [0.25, 0.3) is 0 Å². The molecule has 0 radical (unpaired) electrons. The summed E-state index contributed by atoms with van der Waals surface area (Å²) < 4.78 is 40.1. The Balaban J connectivity index is 0.00000484. The van der Waals surface area contributed by atoms with Crippen molar-refractivity contribution in [3.8, 4) is 0 Å². The van der Waals surface area contributed by atoms with Gasteiger partial charge in [-0.3, -0.25) is 4.99 Å². The summed E-state index contributed by atoms with van der Waals surface area (Å²) in [7, 11) is 1.63. The second-order valence-corrected chi connectivity index (χ2v) is 5.91. The zero-order chi connectivity index (χ0) is 16.6. The molecule has 0 aliphatic carbocycles. The fraction of sp³-hybridized carbons (Fsp3) is 0.692. The minimum atomic E-state index is -4.27. The number of rotatable bonds is 7. The number of nitrogens with zero attached hydrogens (tertiary/aromatic N) is 2. The lowest BCUT2D eigenvalue weighted by Crippen LogP contribution is -2.37. The van der Waals surface area contributed by atoms with Crippen LogP contribution in [-0.2, 0) is 11.3 Å². The summed E-state index contributed by atoms with van der Waals surface area (Å²) in [6.07, 6.45) is -3.80. The predicted octanol–water partition coefficient (Wildman–Crippen LogP) is 3.01. The van der Waals surface area contributed by atoms with Crippen LogP contribution >= 0.6 is 35.3 Å². The molecule has 5 nitrogen and oxygen atoms in total. The first-order valence-corrected chi connectivity index (χ1v) is 7.65. The molecule has 1 aromatic rings. The summed E-state index contributed by atoms with van der Waals surface area (Å²) >= 11 is 1.62. The maximum absolute atomic E-state index is 11.9. The molecule has 0 saturated carbocycles. The van der Waals surface area contributed by atoms with Crippen LogP contribution in [0.2, 0.25) is 0 Å². The van der Waals surface area contributed by atoms with Gasteiger partial charge in [0.05, 0.1) is 12.2 Å². The molecule has 1 heterocycles. The molecule has 0 unspecified atom stereocenters. The van der Waals surface area contributed by atoms with E-state index in [4.69, 9.17) is 0 Å². The second kappa shape index (κ2) is 11.0. The summed E-state index contributed by atoms with van der Waals surface area (Å²) in [5, 5.41) is 7.08. The SMILES string of the molecule is CN=C(NCCCOCC(F)(F)F)NCc1nc(C)c(C)s1.I. The van der Waals surface area contributed by atoms with Crippen LogP contribution in [0.25, 0.3) is 0 Å². The maximum atomic E-state index is 11.9. The van der Waals surface area contributed by atoms with Crippen molar-refractivity contribution in [1.82, 2.24) is 15.6 Å². The van der Waals surface area contributed by atoms with Gasteiger partial charge in [0.1, 0.15) is 11.6 Å². The van der Waals surface area contributed by atoms with Gasteiger partial charge in [-0.1, -0.05) is 0 Å². The van der Waals surface area contributed by atoms with Crippen molar-refractivity contribution >= 4 is 41.3 Å². The van der Waals surface area contributed by atoms with Crippen molar-refractivity contribution in [3.63, 3.8) is 0 Å². The molecule has 0 amide bonds. The van der Waals surface area contributed by atoms with Crippen LogP contribution in [0.4, 0.5) is 13.2 Å². The van der Waals surface area contributed by atoms with E-state index in [0.717, 1.165) is 10.7 Å². The average Bonchev–Trinajstić information content (AvgIpc) is 2.75. The third-order valence-corrected chi connectivity index (χ3v) is 3.80. The Morgan fingerprint density at radius 2 is 2.00 bits per heavy atom. The molecule has 1 rings (SSSR count). The van der Waals surface area contributed by atoms with E-state index in [2.05, 4.69) is 25.3 Å². The number of thiazole rings is 1. The van der Waals surface area contributed by atoms with Crippen LogP contribution in [-0.4, -0.2) is 43.9 Å². The number of halogens is 4. The average molecular weight is 466 g/mol. The van der Waals surface area contributed by atoms with Crippen molar-refractivity contribution in [3.05, 3.63) is 15.6 Å². The van der Waals surface area contributed by atoms with Gasteiger partial charge >= 0.3 is 6.18 Å². The van der Waals surface area contributed by atoms with Crippen molar-refractivity contribution in [2.24, 2.45) is 4.99 Å². The Labute approximate surface area is 155 Å². The van der Waals surface area contributed by atoms with Crippen LogP contribution < -0.4 is 10.6 Å². The summed E-state index contributed by atoms with van der Waals surface area (Å²) in [5.41, 5.74) is 1.02. The van der Waals surface area contributed by atoms with Gasteiger partial charge in [-0.2, -0.15) is 13.2 Å². The number of aliphatic imine (C=N–C) groups is 1. The van der Waals surface area contributed by atoms with Crippen LogP contribution in [0, 0.1) is 13.8 Å². The van der Waals surface area contributed by atoms with E-state index < -0.39 is 12.8 Å². The summed E-state index contributed by atoms with van der Waals surface area (Å²) in [4.78, 5) is 9.63. The molecule has 0 bridgehead atoms. The lowest BCUT2D eigenvalue weighted by Gasteiger charge is -2.11. The normalized spacial score (nSPS) is 12.0. The van der Waals surface area contributed by atoms with E-state index in [-0.39, 0.29) is 30.6 Å². The molecular formula is C13H22F3IN4OS. The van der Waals surface area contributed by atoms with Gasteiger partial charge in [0, 0.05) is 25.1 Å².